The lowest BCUT2D eigenvalue weighted by atomic mass is 10.2. The molecule has 0 N–H and O–H groups in total. The van der Waals surface area contributed by atoms with Crippen molar-refractivity contribution in [3.05, 3.63) is 28.5 Å². The van der Waals surface area contributed by atoms with E-state index in [1.807, 2.05) is 4.90 Å². The fraction of sp³-hybridized carbons (Fsp3) is 0.500. The molecule has 1 aromatic heterocycles. The summed E-state index contributed by atoms with van der Waals surface area (Å²) in [5.74, 6) is 0. The predicted molar refractivity (Wildman–Crippen MR) is 67.2 cm³/mol. The van der Waals surface area contributed by atoms with Gasteiger partial charge >= 0.3 is 6.18 Å². The molecule has 0 aromatic carbocycles. The summed E-state index contributed by atoms with van der Waals surface area (Å²) in [6.45, 7) is 2.88. The van der Waals surface area contributed by atoms with Gasteiger partial charge in [0.25, 0.3) is 0 Å². The zero-order valence-electron chi connectivity index (χ0n) is 10.5. The van der Waals surface area contributed by atoms with Crippen LogP contribution in [0.2, 0.25) is 5.02 Å². The van der Waals surface area contributed by atoms with Crippen LogP contribution in [0, 0.1) is 0 Å². The molecule has 1 aromatic rings. The topological polar surface area (TPSA) is 36.4 Å². The first-order valence-corrected chi connectivity index (χ1v) is 6.41. The minimum atomic E-state index is -4.44. The van der Waals surface area contributed by atoms with Crippen LogP contribution in [0.15, 0.2) is 12.3 Å². The number of nitrogens with zero attached hydrogens (tertiary/aromatic N) is 3. The van der Waals surface area contributed by atoms with E-state index in [2.05, 4.69) is 4.98 Å². The van der Waals surface area contributed by atoms with Gasteiger partial charge in [-0.25, -0.2) is 0 Å². The van der Waals surface area contributed by atoms with Gasteiger partial charge in [-0.3, -0.25) is 14.7 Å². The largest absolute Gasteiger partial charge is 0.417 e. The molecule has 0 unspecified atom stereocenters. The van der Waals surface area contributed by atoms with Gasteiger partial charge in [-0.15, -0.1) is 0 Å². The lowest BCUT2D eigenvalue weighted by Gasteiger charge is -2.32. The number of alkyl halides is 3. The molecule has 0 aliphatic carbocycles. The third-order valence-corrected chi connectivity index (χ3v) is 3.50. The Balaban J connectivity index is 2.02. The van der Waals surface area contributed by atoms with Gasteiger partial charge in [0, 0.05) is 38.9 Å². The van der Waals surface area contributed by atoms with E-state index in [0.717, 1.165) is 18.7 Å². The molecular weight excluding hydrogens is 295 g/mol. The molecule has 1 saturated heterocycles. The molecule has 2 rings (SSSR count). The summed E-state index contributed by atoms with van der Waals surface area (Å²) < 4.78 is 37.5. The van der Waals surface area contributed by atoms with Crippen molar-refractivity contribution < 1.29 is 18.0 Å². The van der Waals surface area contributed by atoms with E-state index in [1.54, 1.807) is 4.90 Å². The standard InChI is InChI=1S/C12H13ClF3N3O/c13-10-5-9(12(14,15)16)6-17-11(10)7-18-1-3-19(8-20)4-2-18/h5-6,8H,1-4,7H2. The fourth-order valence-electron chi connectivity index (χ4n) is 1.98. The van der Waals surface area contributed by atoms with Crippen molar-refractivity contribution >= 4 is 18.0 Å². The summed E-state index contributed by atoms with van der Waals surface area (Å²) in [4.78, 5) is 18.0. The monoisotopic (exact) mass is 307 g/mol. The Morgan fingerprint density at radius 1 is 1.30 bits per heavy atom. The lowest BCUT2D eigenvalue weighted by molar-refractivity contribution is -0.137. The van der Waals surface area contributed by atoms with Gasteiger partial charge in [0.15, 0.2) is 0 Å². The number of aromatic nitrogens is 1. The Bertz CT molecular complexity index is 487. The molecule has 20 heavy (non-hydrogen) atoms. The van der Waals surface area contributed by atoms with Crippen LogP contribution in [-0.4, -0.2) is 47.4 Å². The third kappa shape index (κ3) is 3.61. The average Bonchev–Trinajstić information content (AvgIpc) is 2.41. The second kappa shape index (κ2) is 5.97. The minimum Gasteiger partial charge on any atom is -0.343 e. The number of carbonyl (C=O) groups is 1. The lowest BCUT2D eigenvalue weighted by Crippen LogP contribution is -2.45. The third-order valence-electron chi connectivity index (χ3n) is 3.17. The number of rotatable bonds is 3. The molecule has 110 valence electrons. The van der Waals surface area contributed by atoms with Crippen LogP contribution in [-0.2, 0) is 17.5 Å². The number of halogens is 4. The molecule has 1 fully saturated rings. The maximum atomic E-state index is 12.5. The fourth-order valence-corrected chi connectivity index (χ4v) is 2.20. The van der Waals surface area contributed by atoms with Gasteiger partial charge in [-0.05, 0) is 6.07 Å². The molecule has 4 nitrogen and oxygen atoms in total. The van der Waals surface area contributed by atoms with Crippen LogP contribution in [0.1, 0.15) is 11.3 Å². The van der Waals surface area contributed by atoms with E-state index in [9.17, 15) is 18.0 Å². The molecule has 0 bridgehead atoms. The van der Waals surface area contributed by atoms with Gasteiger partial charge in [0.05, 0.1) is 16.3 Å². The highest BCUT2D eigenvalue weighted by atomic mass is 35.5. The smallest absolute Gasteiger partial charge is 0.343 e. The highest BCUT2D eigenvalue weighted by Crippen LogP contribution is 2.31. The molecule has 1 amide bonds. The molecule has 0 saturated carbocycles. The SMILES string of the molecule is O=CN1CCN(Cc2ncc(C(F)(F)F)cc2Cl)CC1. The Hall–Kier alpha value is -1.34. The maximum Gasteiger partial charge on any atom is 0.417 e. The van der Waals surface area contributed by atoms with Crippen LogP contribution < -0.4 is 0 Å². The van der Waals surface area contributed by atoms with Crippen LogP contribution in [0.25, 0.3) is 0 Å². The summed E-state index contributed by atoms with van der Waals surface area (Å²) in [7, 11) is 0. The van der Waals surface area contributed by atoms with Crippen LogP contribution in [0.3, 0.4) is 0 Å². The first-order chi connectivity index (χ1) is 9.40. The molecule has 1 aliphatic heterocycles. The number of pyridine rings is 1. The number of amides is 1. The summed E-state index contributed by atoms with van der Waals surface area (Å²) in [6, 6.07) is 0.894. The van der Waals surface area contributed by atoms with E-state index in [4.69, 9.17) is 11.6 Å². The Labute approximate surface area is 119 Å². The molecular formula is C12H13ClF3N3O. The minimum absolute atomic E-state index is 0.0117. The van der Waals surface area contributed by atoms with E-state index >= 15 is 0 Å². The molecule has 0 radical (unpaired) electrons. The second-order valence-electron chi connectivity index (χ2n) is 4.57. The summed E-state index contributed by atoms with van der Waals surface area (Å²) in [5, 5.41) is 0.0117. The van der Waals surface area contributed by atoms with Crippen molar-refractivity contribution in [2.45, 2.75) is 12.7 Å². The molecule has 2 heterocycles. The van der Waals surface area contributed by atoms with Gasteiger partial charge in [-0.1, -0.05) is 11.6 Å². The van der Waals surface area contributed by atoms with Crippen LogP contribution in [0.4, 0.5) is 13.2 Å². The molecule has 1 aliphatic rings. The van der Waals surface area contributed by atoms with Crippen LogP contribution in [0.5, 0.6) is 0 Å². The highest BCUT2D eigenvalue weighted by Gasteiger charge is 2.31. The van der Waals surface area contributed by atoms with Crippen molar-refractivity contribution in [3.63, 3.8) is 0 Å². The Kier molecular flexibility index (Phi) is 4.49. The summed E-state index contributed by atoms with van der Waals surface area (Å²) >= 11 is 5.85. The molecule has 0 atom stereocenters. The first-order valence-electron chi connectivity index (χ1n) is 6.03. The predicted octanol–water partition coefficient (Wildman–Crippen LogP) is 2.03. The van der Waals surface area contributed by atoms with E-state index in [1.165, 1.54) is 0 Å². The normalized spacial score (nSPS) is 17.3. The summed E-state index contributed by atoms with van der Waals surface area (Å²) in [5.41, 5.74) is -0.434. The first kappa shape index (κ1) is 15.1. The average molecular weight is 308 g/mol. The summed E-state index contributed by atoms with van der Waals surface area (Å²) in [6.07, 6.45) is -2.85. The van der Waals surface area contributed by atoms with Crippen molar-refractivity contribution in [1.29, 1.82) is 0 Å². The van der Waals surface area contributed by atoms with Crippen molar-refractivity contribution in [3.8, 4) is 0 Å². The van der Waals surface area contributed by atoms with Crippen molar-refractivity contribution in [2.75, 3.05) is 26.2 Å². The molecule has 8 heteroatoms. The van der Waals surface area contributed by atoms with Gasteiger partial charge in [-0.2, -0.15) is 13.2 Å². The number of piperazine rings is 1. The van der Waals surface area contributed by atoms with Gasteiger partial charge in [0.1, 0.15) is 0 Å². The molecule has 0 spiro atoms. The quantitative estimate of drug-likeness (QED) is 0.802. The highest BCUT2D eigenvalue weighted by molar-refractivity contribution is 6.31. The van der Waals surface area contributed by atoms with Crippen LogP contribution >= 0.6 is 11.6 Å². The van der Waals surface area contributed by atoms with Gasteiger partial charge < -0.3 is 4.90 Å². The second-order valence-corrected chi connectivity index (χ2v) is 4.97. The van der Waals surface area contributed by atoms with E-state index in [0.29, 0.717) is 38.4 Å². The number of hydrogen-bond donors (Lipinski definition) is 0. The van der Waals surface area contributed by atoms with Crippen molar-refractivity contribution in [2.24, 2.45) is 0 Å². The Morgan fingerprint density at radius 2 is 1.95 bits per heavy atom. The van der Waals surface area contributed by atoms with E-state index < -0.39 is 11.7 Å². The number of carbonyl (C=O) groups excluding carboxylic acids is 1. The zero-order valence-corrected chi connectivity index (χ0v) is 11.3. The van der Waals surface area contributed by atoms with E-state index in [-0.39, 0.29) is 5.02 Å². The van der Waals surface area contributed by atoms with Crippen molar-refractivity contribution in [1.82, 2.24) is 14.8 Å². The maximum absolute atomic E-state index is 12.5. The van der Waals surface area contributed by atoms with Gasteiger partial charge in [0.2, 0.25) is 6.41 Å². The Morgan fingerprint density at radius 3 is 2.45 bits per heavy atom. The zero-order chi connectivity index (χ0) is 14.8. The number of hydrogen-bond acceptors (Lipinski definition) is 3.